The molecule has 0 saturated carbocycles. The van der Waals surface area contributed by atoms with Gasteiger partial charge in [0, 0.05) is 18.2 Å². The minimum Gasteiger partial charge on any atom is -0.330 e. The summed E-state index contributed by atoms with van der Waals surface area (Å²) in [5.41, 5.74) is 2.41. The van der Waals surface area contributed by atoms with Gasteiger partial charge in [-0.1, -0.05) is 59.9 Å². The van der Waals surface area contributed by atoms with Crippen LogP contribution in [0.4, 0.5) is 5.69 Å². The summed E-state index contributed by atoms with van der Waals surface area (Å²) >= 11 is 1.27. The first kappa shape index (κ1) is 19.3. The summed E-state index contributed by atoms with van der Waals surface area (Å²) < 4.78 is 2.06. The zero-order valence-corrected chi connectivity index (χ0v) is 17.6. The standard InChI is InChI=1S/C23H23N3O2S/c1-23(2,3)26(14-16-9-5-4-6-10-16)20(27)13-19-21(28)25-15-17-11-7-8-12-18(17)24-22(25)29-19/h4-13H,14-15H2,1-3H3/b19-13-. The van der Waals surface area contributed by atoms with Crippen LogP contribution in [0.5, 0.6) is 0 Å². The van der Waals surface area contributed by atoms with Crippen molar-refractivity contribution in [2.24, 2.45) is 4.99 Å². The Labute approximate surface area is 173 Å². The Morgan fingerprint density at radius 1 is 1.14 bits per heavy atom. The van der Waals surface area contributed by atoms with Gasteiger partial charge in [-0.2, -0.15) is 0 Å². The number of hydrogen-bond acceptors (Lipinski definition) is 4. The fourth-order valence-corrected chi connectivity index (χ4v) is 4.32. The topological polar surface area (TPSA) is 54.7 Å². The van der Waals surface area contributed by atoms with Crippen molar-refractivity contribution in [3.05, 3.63) is 85.4 Å². The van der Waals surface area contributed by atoms with Crippen LogP contribution in [0.2, 0.25) is 0 Å². The van der Waals surface area contributed by atoms with Crippen molar-refractivity contribution < 1.29 is 4.79 Å². The molecule has 4 rings (SSSR count). The molecule has 0 N–H and O–H groups in total. The number of hydrogen-bond donors (Lipinski definition) is 0. The highest BCUT2D eigenvalue weighted by molar-refractivity contribution is 7.07. The second-order valence-electron chi connectivity index (χ2n) is 8.11. The maximum atomic E-state index is 13.1. The van der Waals surface area contributed by atoms with Crippen LogP contribution < -0.4 is 14.9 Å². The largest absolute Gasteiger partial charge is 0.330 e. The monoisotopic (exact) mass is 405 g/mol. The molecule has 1 aliphatic rings. The third kappa shape index (κ3) is 3.93. The highest BCUT2D eigenvalue weighted by Crippen LogP contribution is 2.21. The molecule has 2 heterocycles. The number of para-hydroxylation sites is 1. The first-order valence-corrected chi connectivity index (χ1v) is 10.4. The van der Waals surface area contributed by atoms with E-state index in [9.17, 15) is 9.59 Å². The Hall–Kier alpha value is -2.99. The second-order valence-corrected chi connectivity index (χ2v) is 9.11. The van der Waals surface area contributed by atoms with E-state index in [1.165, 1.54) is 17.4 Å². The van der Waals surface area contributed by atoms with Crippen molar-refractivity contribution in [2.75, 3.05) is 0 Å². The Kier molecular flexibility index (Phi) is 4.96. The lowest BCUT2D eigenvalue weighted by Gasteiger charge is -2.35. The van der Waals surface area contributed by atoms with Crippen molar-refractivity contribution in [1.29, 1.82) is 0 Å². The van der Waals surface area contributed by atoms with Gasteiger partial charge in [0.05, 0.1) is 12.2 Å². The quantitative estimate of drug-likeness (QED) is 0.526. The molecular formula is C23H23N3O2S. The van der Waals surface area contributed by atoms with Gasteiger partial charge in [-0.25, -0.2) is 4.99 Å². The van der Waals surface area contributed by atoms with E-state index in [2.05, 4.69) is 4.99 Å². The van der Waals surface area contributed by atoms with Crippen LogP contribution >= 0.6 is 11.3 Å². The summed E-state index contributed by atoms with van der Waals surface area (Å²) in [6.07, 6.45) is 1.46. The van der Waals surface area contributed by atoms with Crippen molar-refractivity contribution in [3.63, 3.8) is 0 Å². The predicted molar refractivity (Wildman–Crippen MR) is 116 cm³/mol. The number of rotatable bonds is 3. The van der Waals surface area contributed by atoms with Crippen molar-refractivity contribution in [3.8, 4) is 0 Å². The molecule has 148 valence electrons. The summed E-state index contributed by atoms with van der Waals surface area (Å²) in [6.45, 7) is 6.97. The third-order valence-corrected chi connectivity index (χ3v) is 5.94. The zero-order chi connectivity index (χ0) is 20.6. The van der Waals surface area contributed by atoms with E-state index in [1.807, 2.05) is 75.4 Å². The molecule has 29 heavy (non-hydrogen) atoms. The number of nitrogens with zero attached hydrogens (tertiary/aromatic N) is 3. The molecule has 1 aliphatic heterocycles. The van der Waals surface area contributed by atoms with Gasteiger partial charge in [0.15, 0.2) is 4.80 Å². The summed E-state index contributed by atoms with van der Waals surface area (Å²) in [5, 5.41) is 0. The molecule has 0 unspecified atom stereocenters. The van der Waals surface area contributed by atoms with Crippen LogP contribution in [0.1, 0.15) is 31.9 Å². The van der Waals surface area contributed by atoms with Crippen LogP contribution in [0, 0.1) is 0 Å². The molecule has 3 aromatic rings. The van der Waals surface area contributed by atoms with Crippen molar-refractivity contribution in [2.45, 2.75) is 39.4 Å². The molecule has 0 bridgehead atoms. The van der Waals surface area contributed by atoms with E-state index in [0.717, 1.165) is 16.8 Å². The second kappa shape index (κ2) is 7.44. The summed E-state index contributed by atoms with van der Waals surface area (Å²) in [6, 6.07) is 17.7. The van der Waals surface area contributed by atoms with Crippen LogP contribution in [-0.2, 0) is 17.9 Å². The SMILES string of the molecule is CC(C)(C)N(Cc1ccccc1)C(=O)/C=c1\sc2n(c1=O)Cc1ccccc1N=2. The van der Waals surface area contributed by atoms with Gasteiger partial charge in [-0.15, -0.1) is 0 Å². The van der Waals surface area contributed by atoms with Gasteiger partial charge in [-0.05, 0) is 38.0 Å². The van der Waals surface area contributed by atoms with Gasteiger partial charge in [-0.3, -0.25) is 14.2 Å². The van der Waals surface area contributed by atoms with Gasteiger partial charge in [0.1, 0.15) is 4.53 Å². The summed E-state index contributed by atoms with van der Waals surface area (Å²) in [5.74, 6) is -0.171. The maximum Gasteiger partial charge on any atom is 0.270 e. The Balaban J connectivity index is 1.72. The van der Waals surface area contributed by atoms with E-state index in [-0.39, 0.29) is 17.0 Å². The number of fused-ring (bicyclic) bond motifs is 2. The Morgan fingerprint density at radius 2 is 1.83 bits per heavy atom. The van der Waals surface area contributed by atoms with Crippen molar-refractivity contribution in [1.82, 2.24) is 9.47 Å². The lowest BCUT2D eigenvalue weighted by molar-refractivity contribution is -0.129. The number of aromatic nitrogens is 1. The van der Waals surface area contributed by atoms with E-state index in [0.29, 0.717) is 22.4 Å². The zero-order valence-electron chi connectivity index (χ0n) is 16.8. The van der Waals surface area contributed by atoms with E-state index in [4.69, 9.17) is 0 Å². The molecule has 1 amide bonds. The molecule has 0 radical (unpaired) electrons. The van der Waals surface area contributed by atoms with Crippen LogP contribution in [0.3, 0.4) is 0 Å². The number of carbonyl (C=O) groups is 1. The number of benzene rings is 2. The first-order chi connectivity index (χ1) is 13.8. The van der Waals surface area contributed by atoms with Crippen molar-refractivity contribution >= 4 is 29.0 Å². The smallest absolute Gasteiger partial charge is 0.270 e. The summed E-state index contributed by atoms with van der Waals surface area (Å²) in [7, 11) is 0. The van der Waals surface area contributed by atoms with E-state index >= 15 is 0 Å². The molecule has 0 spiro atoms. The molecule has 1 aromatic heterocycles. The Bertz CT molecular complexity index is 1230. The lowest BCUT2D eigenvalue weighted by atomic mass is 10.0. The van der Waals surface area contributed by atoms with Gasteiger partial charge >= 0.3 is 0 Å². The average Bonchev–Trinajstić information content (AvgIpc) is 2.99. The number of carbonyl (C=O) groups excluding carboxylic acids is 1. The predicted octanol–water partition coefficient (Wildman–Crippen LogP) is 2.83. The highest BCUT2D eigenvalue weighted by atomic mass is 32.1. The third-order valence-electron chi connectivity index (χ3n) is 4.94. The van der Waals surface area contributed by atoms with Crippen LogP contribution in [0.25, 0.3) is 6.08 Å². The van der Waals surface area contributed by atoms with Crippen LogP contribution in [-0.4, -0.2) is 20.9 Å². The van der Waals surface area contributed by atoms with Crippen LogP contribution in [0.15, 0.2) is 64.4 Å². The lowest BCUT2D eigenvalue weighted by Crippen LogP contribution is -2.45. The maximum absolute atomic E-state index is 13.1. The number of thiazole rings is 1. The van der Waals surface area contributed by atoms with E-state index < -0.39 is 0 Å². The first-order valence-electron chi connectivity index (χ1n) is 9.56. The van der Waals surface area contributed by atoms with E-state index in [1.54, 1.807) is 9.47 Å². The molecule has 6 heteroatoms. The Morgan fingerprint density at radius 3 is 2.55 bits per heavy atom. The molecule has 2 aromatic carbocycles. The molecule has 0 atom stereocenters. The fraction of sp³-hybridized carbons (Fsp3) is 0.261. The molecule has 5 nitrogen and oxygen atoms in total. The molecule has 0 fully saturated rings. The normalized spacial score (nSPS) is 13.4. The number of amides is 1. The van der Waals surface area contributed by atoms with Gasteiger partial charge < -0.3 is 4.90 Å². The molecule has 0 saturated heterocycles. The average molecular weight is 406 g/mol. The van der Waals surface area contributed by atoms with Gasteiger partial charge in [0.25, 0.3) is 5.56 Å². The summed E-state index contributed by atoms with van der Waals surface area (Å²) in [4.78, 5) is 33.1. The highest BCUT2D eigenvalue weighted by Gasteiger charge is 2.25. The minimum absolute atomic E-state index is 0.162. The molecular weight excluding hydrogens is 382 g/mol. The minimum atomic E-state index is -0.378. The fourth-order valence-electron chi connectivity index (χ4n) is 3.36. The molecule has 0 aliphatic carbocycles. The van der Waals surface area contributed by atoms with Gasteiger partial charge in [0.2, 0.25) is 5.91 Å².